The van der Waals surface area contributed by atoms with E-state index >= 15 is 0 Å². The first-order chi connectivity index (χ1) is 36.5. The second-order valence-electron chi connectivity index (χ2n) is 20.3. The number of H-pyrrole nitrogens is 1. The van der Waals surface area contributed by atoms with Gasteiger partial charge in [0.2, 0.25) is 47.3 Å². The fraction of sp³-hybridized carbons (Fsp3) is 0.500. The first-order valence-electron chi connectivity index (χ1n) is 26.3. The molecule has 0 aliphatic carbocycles. The zero-order valence-corrected chi connectivity index (χ0v) is 46.0. The Balaban J connectivity index is 1.45. The van der Waals surface area contributed by atoms with E-state index in [1.165, 1.54) is 22.9 Å². The molecule has 2 aliphatic heterocycles. The molecule has 4 aromatic rings. The van der Waals surface area contributed by atoms with Gasteiger partial charge in [0.05, 0.1) is 0 Å². The molecule has 8 amide bonds. The molecule has 3 aromatic carbocycles. The number of nitrogens with zero attached hydrogens (tertiary/aromatic N) is 1. The lowest BCUT2D eigenvalue weighted by atomic mass is 9.96. The molecule has 20 heteroatoms. The number of carbonyl (C=O) groups excluding carboxylic acids is 8. The first kappa shape index (κ1) is 58.7. The van der Waals surface area contributed by atoms with Crippen LogP contribution in [0.4, 0.5) is 0 Å². The van der Waals surface area contributed by atoms with Crippen molar-refractivity contribution in [2.75, 3.05) is 30.6 Å². The van der Waals surface area contributed by atoms with Crippen LogP contribution in [0, 0.1) is 11.8 Å². The zero-order chi connectivity index (χ0) is 54.9. The van der Waals surface area contributed by atoms with Crippen molar-refractivity contribution in [2.45, 2.75) is 134 Å². The SMILES string of the molecule is CC[C@H](C)[C@H]1NC(=O)[C@H](Cc2c[nH]c3ccccc23)NC(=O)[C@H](Cc2ccccc2)NC(=O)[C@@H](Cc2ccccc2)NC(=O)[C@@H]2CCCN2C(=O)[C@H](CCSC)NC(=O)[C@H](CC(C)C)NC(=O)[C@H](CC[S@](C)=O)NC1=O. The van der Waals surface area contributed by atoms with E-state index in [0.29, 0.717) is 35.3 Å². The number of aromatic amines is 1. The number of carbonyl (C=O) groups is 8. The van der Waals surface area contributed by atoms with E-state index in [-0.39, 0.29) is 63.2 Å². The smallest absolute Gasteiger partial charge is 0.245 e. The maximum atomic E-state index is 15.0. The molecule has 0 bridgehead atoms. The predicted molar refractivity (Wildman–Crippen MR) is 296 cm³/mol. The van der Waals surface area contributed by atoms with Gasteiger partial charge in [0.1, 0.15) is 48.3 Å². The number of hydrogen-bond acceptors (Lipinski definition) is 10. The Bertz CT molecular complexity index is 2670. The lowest BCUT2D eigenvalue weighted by Gasteiger charge is -2.32. The van der Waals surface area contributed by atoms with Gasteiger partial charge in [0.25, 0.3) is 0 Å². The molecule has 8 N–H and O–H groups in total. The molecule has 10 atom stereocenters. The van der Waals surface area contributed by atoms with Crippen LogP contribution in [0.25, 0.3) is 10.9 Å². The molecule has 410 valence electrons. The van der Waals surface area contributed by atoms with E-state index in [1.807, 2.05) is 75.6 Å². The fourth-order valence-corrected chi connectivity index (χ4v) is 10.7. The van der Waals surface area contributed by atoms with Crippen LogP contribution in [0.1, 0.15) is 82.9 Å². The lowest BCUT2D eigenvalue weighted by molar-refractivity contribution is -0.142. The highest BCUT2D eigenvalue weighted by atomic mass is 32.2. The third-order valence-electron chi connectivity index (χ3n) is 14.1. The van der Waals surface area contributed by atoms with Crippen LogP contribution in [0.2, 0.25) is 0 Å². The Hall–Kier alpha value is -6.54. The van der Waals surface area contributed by atoms with E-state index in [2.05, 4.69) is 42.2 Å². The third-order valence-corrected chi connectivity index (χ3v) is 15.5. The van der Waals surface area contributed by atoms with Gasteiger partial charge in [-0.05, 0) is 78.7 Å². The van der Waals surface area contributed by atoms with Gasteiger partial charge < -0.3 is 47.1 Å². The van der Waals surface area contributed by atoms with Crippen molar-refractivity contribution in [3.05, 3.63) is 108 Å². The third kappa shape index (κ3) is 16.5. The highest BCUT2D eigenvalue weighted by Crippen LogP contribution is 2.23. The largest absolute Gasteiger partial charge is 0.361 e. The van der Waals surface area contributed by atoms with Gasteiger partial charge in [-0.1, -0.05) is 113 Å². The van der Waals surface area contributed by atoms with E-state index in [9.17, 15) is 42.6 Å². The second-order valence-corrected chi connectivity index (χ2v) is 22.9. The average Bonchev–Trinajstić information content (AvgIpc) is 4.07. The summed E-state index contributed by atoms with van der Waals surface area (Å²) in [4.78, 5) is 122. The highest BCUT2D eigenvalue weighted by Gasteiger charge is 2.41. The predicted octanol–water partition coefficient (Wildman–Crippen LogP) is 3.21. The zero-order valence-electron chi connectivity index (χ0n) is 44.4. The monoisotopic (exact) mass is 1080 g/mol. The van der Waals surface area contributed by atoms with Crippen LogP contribution in [0.5, 0.6) is 0 Å². The van der Waals surface area contributed by atoms with Crippen molar-refractivity contribution < 1.29 is 42.6 Å². The molecule has 76 heavy (non-hydrogen) atoms. The van der Waals surface area contributed by atoms with Crippen molar-refractivity contribution >= 4 is 80.7 Å². The second kappa shape index (κ2) is 28.6. The van der Waals surface area contributed by atoms with Crippen LogP contribution in [0.3, 0.4) is 0 Å². The van der Waals surface area contributed by atoms with Crippen molar-refractivity contribution in [3.63, 3.8) is 0 Å². The highest BCUT2D eigenvalue weighted by molar-refractivity contribution is 7.98. The van der Waals surface area contributed by atoms with Crippen molar-refractivity contribution in [2.24, 2.45) is 11.8 Å². The summed E-state index contributed by atoms with van der Waals surface area (Å²) < 4.78 is 12.5. The van der Waals surface area contributed by atoms with E-state index in [0.717, 1.165) is 10.9 Å². The molecule has 6 rings (SSSR count). The average molecular weight is 1080 g/mol. The molecular formula is C56H75N9O9S2. The number of rotatable bonds is 16. The van der Waals surface area contributed by atoms with E-state index in [1.54, 1.807) is 49.5 Å². The summed E-state index contributed by atoms with van der Waals surface area (Å²) >= 11 is 1.47. The van der Waals surface area contributed by atoms with Gasteiger partial charge in [-0.3, -0.25) is 42.6 Å². The molecule has 2 aliphatic rings. The van der Waals surface area contributed by atoms with Crippen molar-refractivity contribution in [1.82, 2.24) is 47.1 Å². The Kier molecular flexibility index (Phi) is 22.1. The van der Waals surface area contributed by atoms with Gasteiger partial charge in [-0.2, -0.15) is 11.8 Å². The molecular weight excluding hydrogens is 1010 g/mol. The summed E-state index contributed by atoms with van der Waals surface area (Å²) in [7, 11) is -1.39. The number of benzene rings is 3. The maximum absolute atomic E-state index is 15.0. The fourth-order valence-electron chi connectivity index (χ4n) is 9.67. The van der Waals surface area contributed by atoms with Crippen molar-refractivity contribution in [1.29, 1.82) is 0 Å². The minimum absolute atomic E-state index is 0.0121. The molecule has 2 saturated heterocycles. The summed E-state index contributed by atoms with van der Waals surface area (Å²) in [5.41, 5.74) is 2.87. The summed E-state index contributed by atoms with van der Waals surface area (Å²) in [5, 5.41) is 21.0. The Morgan fingerprint density at radius 1 is 0.605 bits per heavy atom. The Morgan fingerprint density at radius 2 is 1.12 bits per heavy atom. The molecule has 2 fully saturated rings. The van der Waals surface area contributed by atoms with Crippen LogP contribution >= 0.6 is 11.8 Å². The molecule has 0 spiro atoms. The number of thioether (sulfide) groups is 1. The lowest BCUT2D eigenvalue weighted by Crippen LogP contribution is -2.62. The topological polar surface area (TPSA) is 257 Å². The number of aromatic nitrogens is 1. The summed E-state index contributed by atoms with van der Waals surface area (Å²) in [6.07, 6.45) is 6.48. The molecule has 0 unspecified atom stereocenters. The Labute approximate surface area is 452 Å². The number of para-hydroxylation sites is 1. The molecule has 0 saturated carbocycles. The number of fused-ring (bicyclic) bond motifs is 2. The molecule has 0 radical (unpaired) electrons. The van der Waals surface area contributed by atoms with Crippen LogP contribution in [-0.2, 0) is 68.4 Å². The van der Waals surface area contributed by atoms with Gasteiger partial charge in [-0.25, -0.2) is 0 Å². The normalized spacial score (nSPS) is 24.8. The van der Waals surface area contributed by atoms with Crippen molar-refractivity contribution in [3.8, 4) is 0 Å². The minimum Gasteiger partial charge on any atom is -0.361 e. The molecule has 18 nitrogen and oxygen atoms in total. The maximum Gasteiger partial charge on any atom is 0.245 e. The van der Waals surface area contributed by atoms with Crippen LogP contribution < -0.4 is 37.2 Å². The number of hydrogen-bond donors (Lipinski definition) is 8. The van der Waals surface area contributed by atoms with Crippen LogP contribution in [-0.4, -0.2) is 140 Å². The molecule has 1 aromatic heterocycles. The minimum atomic E-state index is -1.39. The van der Waals surface area contributed by atoms with Gasteiger partial charge >= 0.3 is 0 Å². The van der Waals surface area contributed by atoms with E-state index in [4.69, 9.17) is 0 Å². The summed E-state index contributed by atoms with van der Waals surface area (Å²) in [5.74, 6) is -5.44. The quantitative estimate of drug-likeness (QED) is 0.0813. The number of nitrogens with one attached hydrogen (secondary N) is 8. The molecule has 3 heterocycles. The van der Waals surface area contributed by atoms with Gasteiger partial charge in [-0.15, -0.1) is 0 Å². The Morgan fingerprint density at radius 3 is 1.71 bits per heavy atom. The van der Waals surface area contributed by atoms with Gasteiger partial charge in [0.15, 0.2) is 0 Å². The summed E-state index contributed by atoms with van der Waals surface area (Å²) in [6, 6.07) is 15.9. The summed E-state index contributed by atoms with van der Waals surface area (Å²) in [6.45, 7) is 7.55. The van der Waals surface area contributed by atoms with E-state index < -0.39 is 112 Å². The van der Waals surface area contributed by atoms with Gasteiger partial charge in [0, 0.05) is 65.7 Å². The first-order valence-corrected chi connectivity index (χ1v) is 29.4. The standard InChI is InChI=1S/C56H75N9O9S2/c1-7-35(4)48-55(72)58-41(25-28-76(6)74)49(66)60-43(29-34(2)3)50(67)59-42(24-27-75-5)56(73)65-26-16-23-47(65)54(71)63-45(31-37-19-12-9-13-20-37)52(69)61-44(30-36-17-10-8-11-18-36)51(68)62-46(53(70)64-48)32-38-33-57-40-22-15-14-21-39(38)40/h8-15,17-22,33-35,41-48,57H,7,16,23-32H2,1-6H3,(H,58,72)(H,59,67)(H,60,66)(H,61,69)(H,62,68)(H,63,71)(H,64,70)/t35-,41-,42-,43-,44-,45+,46-,47-,48+,76-/m0/s1. The van der Waals surface area contributed by atoms with Crippen LogP contribution in [0.15, 0.2) is 91.1 Å². The number of amides is 8.